The number of aromatic nitrogens is 1. The lowest BCUT2D eigenvalue weighted by atomic mass is 9.66. The number of nitrogens with zero attached hydrogens (tertiary/aromatic N) is 2. The number of aliphatic hydroxyl groups is 1. The van der Waals surface area contributed by atoms with Crippen molar-refractivity contribution >= 4 is 6.09 Å². The first-order valence-corrected chi connectivity index (χ1v) is 9.89. The largest absolute Gasteiger partial charge is 0.465 e. The van der Waals surface area contributed by atoms with Crippen LogP contribution in [0.1, 0.15) is 32.1 Å². The van der Waals surface area contributed by atoms with Crippen molar-refractivity contribution in [2.75, 3.05) is 13.1 Å². The number of rotatable bonds is 3. The molecule has 148 valence electrons. The van der Waals surface area contributed by atoms with Crippen LogP contribution in [0.2, 0.25) is 0 Å². The molecule has 6 nitrogen and oxygen atoms in total. The second-order valence-electron chi connectivity index (χ2n) is 8.22. The van der Waals surface area contributed by atoms with E-state index in [2.05, 4.69) is 0 Å². The molecule has 1 aromatic carbocycles. The van der Waals surface area contributed by atoms with E-state index in [0.29, 0.717) is 19.5 Å². The number of amides is 1. The highest BCUT2D eigenvalue weighted by molar-refractivity contribution is 5.65. The van der Waals surface area contributed by atoms with E-state index in [4.69, 9.17) is 0 Å². The highest BCUT2D eigenvalue weighted by atomic mass is 16.4. The molecular weight excluding hydrogens is 356 g/mol. The van der Waals surface area contributed by atoms with Crippen LogP contribution in [-0.2, 0) is 6.54 Å². The molecule has 6 heteroatoms. The SMILES string of the molecule is O=C(O)N1CCC(O)(Cn2ccc(-c3ccccc3)cc2=O)C2(CCCC2)C1. The third-order valence-corrected chi connectivity index (χ3v) is 6.64. The number of benzene rings is 1. The Balaban J connectivity index is 1.62. The fraction of sp³-hybridized carbons (Fsp3) is 0.455. The van der Waals surface area contributed by atoms with Crippen LogP contribution in [0.3, 0.4) is 0 Å². The van der Waals surface area contributed by atoms with E-state index in [1.165, 1.54) is 4.90 Å². The first-order chi connectivity index (χ1) is 13.4. The Kier molecular flexibility index (Phi) is 4.75. The van der Waals surface area contributed by atoms with Gasteiger partial charge in [-0.15, -0.1) is 0 Å². The zero-order valence-corrected chi connectivity index (χ0v) is 15.9. The zero-order valence-electron chi connectivity index (χ0n) is 15.9. The molecule has 1 atom stereocenters. The molecule has 1 saturated heterocycles. The minimum absolute atomic E-state index is 0.149. The van der Waals surface area contributed by atoms with Gasteiger partial charge in [0.1, 0.15) is 0 Å². The summed E-state index contributed by atoms with van der Waals surface area (Å²) in [6, 6.07) is 13.2. The maximum absolute atomic E-state index is 12.8. The van der Waals surface area contributed by atoms with Gasteiger partial charge < -0.3 is 19.7 Å². The van der Waals surface area contributed by atoms with Crippen molar-refractivity contribution in [3.8, 4) is 11.1 Å². The summed E-state index contributed by atoms with van der Waals surface area (Å²) in [4.78, 5) is 25.6. The van der Waals surface area contributed by atoms with Gasteiger partial charge in [0.25, 0.3) is 5.56 Å². The summed E-state index contributed by atoms with van der Waals surface area (Å²) in [5.41, 5.74) is 0.135. The second-order valence-corrected chi connectivity index (χ2v) is 8.22. The smallest absolute Gasteiger partial charge is 0.407 e. The Morgan fingerprint density at radius 1 is 1.04 bits per heavy atom. The molecule has 2 N–H and O–H groups in total. The highest BCUT2D eigenvalue weighted by Crippen LogP contribution is 2.51. The van der Waals surface area contributed by atoms with E-state index in [1.807, 2.05) is 36.4 Å². The van der Waals surface area contributed by atoms with Crippen molar-refractivity contribution in [3.05, 3.63) is 59.0 Å². The van der Waals surface area contributed by atoms with Gasteiger partial charge in [-0.1, -0.05) is 43.2 Å². The van der Waals surface area contributed by atoms with Crippen molar-refractivity contribution in [2.24, 2.45) is 5.41 Å². The quantitative estimate of drug-likeness (QED) is 0.854. The molecule has 1 spiro atoms. The second kappa shape index (κ2) is 7.09. The Labute approximate surface area is 164 Å². The Morgan fingerprint density at radius 2 is 1.75 bits per heavy atom. The monoisotopic (exact) mass is 382 g/mol. The van der Waals surface area contributed by atoms with Gasteiger partial charge in [-0.25, -0.2) is 4.79 Å². The van der Waals surface area contributed by atoms with E-state index in [1.54, 1.807) is 16.8 Å². The van der Waals surface area contributed by atoms with Crippen LogP contribution in [0.25, 0.3) is 11.1 Å². The average molecular weight is 382 g/mol. The first kappa shape index (κ1) is 18.7. The standard InChI is InChI=1S/C22H26N2O4/c25-19-14-18(17-6-2-1-3-7-17)8-12-23(19)16-22(28)11-13-24(20(26)27)15-21(22)9-4-5-10-21/h1-3,6-8,12,14,28H,4-5,9-11,13,15-16H2,(H,26,27). The Bertz CT molecular complexity index is 918. The summed E-state index contributed by atoms with van der Waals surface area (Å²) in [6.45, 7) is 0.842. The molecule has 1 amide bonds. The van der Waals surface area contributed by atoms with Crippen molar-refractivity contribution < 1.29 is 15.0 Å². The van der Waals surface area contributed by atoms with Crippen LogP contribution in [0.5, 0.6) is 0 Å². The molecule has 1 saturated carbocycles. The van der Waals surface area contributed by atoms with Crippen LogP contribution in [0.4, 0.5) is 4.79 Å². The van der Waals surface area contributed by atoms with E-state index in [0.717, 1.165) is 36.8 Å². The predicted molar refractivity (Wildman–Crippen MR) is 106 cm³/mol. The van der Waals surface area contributed by atoms with Gasteiger partial charge >= 0.3 is 6.09 Å². The molecule has 0 radical (unpaired) electrons. The van der Waals surface area contributed by atoms with Gasteiger partial charge in [-0.05, 0) is 36.5 Å². The van der Waals surface area contributed by atoms with Gasteiger partial charge in [0.05, 0.1) is 12.1 Å². The third kappa shape index (κ3) is 3.22. The predicted octanol–water partition coefficient (Wildman–Crippen LogP) is 3.19. The number of pyridine rings is 1. The fourth-order valence-corrected chi connectivity index (χ4v) is 4.99. The lowest BCUT2D eigenvalue weighted by Gasteiger charge is -2.51. The summed E-state index contributed by atoms with van der Waals surface area (Å²) in [6.07, 6.45) is 4.72. The van der Waals surface area contributed by atoms with Gasteiger partial charge in [0, 0.05) is 30.8 Å². The van der Waals surface area contributed by atoms with Crippen molar-refractivity contribution in [2.45, 2.75) is 44.2 Å². The number of hydrogen-bond acceptors (Lipinski definition) is 3. The number of hydrogen-bond donors (Lipinski definition) is 2. The maximum Gasteiger partial charge on any atom is 0.407 e. The van der Waals surface area contributed by atoms with Crippen LogP contribution >= 0.6 is 0 Å². The van der Waals surface area contributed by atoms with Crippen LogP contribution in [0.15, 0.2) is 53.5 Å². The minimum Gasteiger partial charge on any atom is -0.465 e. The van der Waals surface area contributed by atoms with Gasteiger partial charge in [0.15, 0.2) is 0 Å². The van der Waals surface area contributed by atoms with Crippen molar-refractivity contribution in [1.29, 1.82) is 0 Å². The summed E-state index contributed by atoms with van der Waals surface area (Å²) >= 11 is 0. The molecule has 2 aromatic rings. The summed E-state index contributed by atoms with van der Waals surface area (Å²) in [5, 5.41) is 21.0. The molecule has 2 heterocycles. The molecule has 1 aliphatic heterocycles. The Morgan fingerprint density at radius 3 is 2.39 bits per heavy atom. The summed E-state index contributed by atoms with van der Waals surface area (Å²) < 4.78 is 1.57. The minimum atomic E-state index is -1.08. The molecular formula is C22H26N2O4. The molecule has 1 unspecified atom stereocenters. The van der Waals surface area contributed by atoms with Crippen molar-refractivity contribution in [1.82, 2.24) is 9.47 Å². The lowest BCUT2D eigenvalue weighted by Crippen LogP contribution is -2.62. The van der Waals surface area contributed by atoms with Gasteiger partial charge in [0.2, 0.25) is 0 Å². The normalized spacial score (nSPS) is 23.8. The van der Waals surface area contributed by atoms with Gasteiger partial charge in [-0.2, -0.15) is 0 Å². The molecule has 1 aliphatic carbocycles. The van der Waals surface area contributed by atoms with E-state index in [-0.39, 0.29) is 12.1 Å². The van der Waals surface area contributed by atoms with E-state index in [9.17, 15) is 19.8 Å². The molecule has 4 rings (SSSR count). The maximum atomic E-state index is 12.8. The molecule has 28 heavy (non-hydrogen) atoms. The van der Waals surface area contributed by atoms with E-state index >= 15 is 0 Å². The molecule has 0 bridgehead atoms. The topological polar surface area (TPSA) is 82.8 Å². The average Bonchev–Trinajstić information content (AvgIpc) is 3.16. The zero-order chi connectivity index (χ0) is 19.8. The summed E-state index contributed by atoms with van der Waals surface area (Å²) in [5.74, 6) is 0. The number of carbonyl (C=O) groups is 1. The fourth-order valence-electron chi connectivity index (χ4n) is 4.99. The highest BCUT2D eigenvalue weighted by Gasteiger charge is 2.55. The van der Waals surface area contributed by atoms with Crippen LogP contribution < -0.4 is 5.56 Å². The molecule has 2 fully saturated rings. The summed E-state index contributed by atoms with van der Waals surface area (Å²) in [7, 11) is 0. The van der Waals surface area contributed by atoms with E-state index < -0.39 is 17.1 Å². The molecule has 2 aliphatic rings. The number of likely N-dealkylation sites (tertiary alicyclic amines) is 1. The number of piperidine rings is 1. The van der Waals surface area contributed by atoms with Gasteiger partial charge in [-0.3, -0.25) is 4.79 Å². The Hall–Kier alpha value is -2.60. The molecule has 1 aromatic heterocycles. The third-order valence-electron chi connectivity index (χ3n) is 6.64. The number of carboxylic acid groups (broad SMARTS) is 1. The van der Waals surface area contributed by atoms with Crippen LogP contribution in [0, 0.1) is 5.41 Å². The first-order valence-electron chi connectivity index (χ1n) is 9.89. The van der Waals surface area contributed by atoms with Crippen LogP contribution in [-0.4, -0.2) is 44.5 Å². The lowest BCUT2D eigenvalue weighted by molar-refractivity contribution is -0.137. The van der Waals surface area contributed by atoms with Crippen molar-refractivity contribution in [3.63, 3.8) is 0 Å².